The molecule has 5 nitrogen and oxygen atoms in total. The van der Waals surface area contributed by atoms with Crippen molar-refractivity contribution in [2.45, 2.75) is 65.6 Å². The van der Waals surface area contributed by atoms with Crippen LogP contribution in [0, 0.1) is 0 Å². The van der Waals surface area contributed by atoms with Crippen LogP contribution >= 0.6 is 0 Å². The van der Waals surface area contributed by atoms with Gasteiger partial charge in [0.1, 0.15) is 5.60 Å². The van der Waals surface area contributed by atoms with Crippen molar-refractivity contribution in [2.24, 2.45) is 5.73 Å². The van der Waals surface area contributed by atoms with Gasteiger partial charge in [0.25, 0.3) is 0 Å². The number of pyridine rings is 1. The largest absolute Gasteiger partial charge is 0.443 e. The summed E-state index contributed by atoms with van der Waals surface area (Å²) in [6.07, 6.45) is 3.23. The van der Waals surface area contributed by atoms with Crippen molar-refractivity contribution in [3.05, 3.63) is 24.0 Å². The SMILES string of the molecule is CCCC(C)N(C(=O)OC(C)(C)C)c1ccc(CN)nc1. The van der Waals surface area contributed by atoms with Gasteiger partial charge in [-0.2, -0.15) is 0 Å². The second-order valence-electron chi connectivity index (χ2n) is 6.20. The molecule has 0 fully saturated rings. The van der Waals surface area contributed by atoms with Gasteiger partial charge in [-0.3, -0.25) is 9.88 Å². The summed E-state index contributed by atoms with van der Waals surface area (Å²) in [5, 5.41) is 0. The zero-order chi connectivity index (χ0) is 16.0. The van der Waals surface area contributed by atoms with E-state index in [1.807, 2.05) is 39.8 Å². The average molecular weight is 293 g/mol. The molecule has 0 saturated heterocycles. The van der Waals surface area contributed by atoms with Crippen molar-refractivity contribution in [3.63, 3.8) is 0 Å². The first-order chi connectivity index (χ1) is 9.78. The molecule has 1 rings (SSSR count). The van der Waals surface area contributed by atoms with Crippen LogP contribution in [0.1, 0.15) is 53.2 Å². The van der Waals surface area contributed by atoms with Crippen LogP contribution in [0.25, 0.3) is 0 Å². The van der Waals surface area contributed by atoms with Gasteiger partial charge in [0.2, 0.25) is 0 Å². The highest BCUT2D eigenvalue weighted by Crippen LogP contribution is 2.22. The van der Waals surface area contributed by atoms with Crippen molar-refractivity contribution in [2.75, 3.05) is 4.90 Å². The number of nitrogens with zero attached hydrogens (tertiary/aromatic N) is 2. The fraction of sp³-hybridized carbons (Fsp3) is 0.625. The Labute approximate surface area is 127 Å². The molecule has 0 aromatic carbocycles. The Kier molecular flexibility index (Phi) is 6.15. The number of anilines is 1. The highest BCUT2D eigenvalue weighted by Gasteiger charge is 2.27. The summed E-state index contributed by atoms with van der Waals surface area (Å²) in [7, 11) is 0. The van der Waals surface area contributed by atoms with Gasteiger partial charge in [-0.05, 0) is 46.2 Å². The Balaban J connectivity index is 3.03. The third kappa shape index (κ3) is 5.34. The molecule has 0 saturated carbocycles. The summed E-state index contributed by atoms with van der Waals surface area (Å²) in [6.45, 7) is 10.1. The molecule has 1 heterocycles. The van der Waals surface area contributed by atoms with E-state index < -0.39 is 5.60 Å². The lowest BCUT2D eigenvalue weighted by molar-refractivity contribution is 0.0566. The molecule has 0 aliphatic heterocycles. The molecule has 1 atom stereocenters. The van der Waals surface area contributed by atoms with E-state index in [9.17, 15) is 4.79 Å². The number of hydrogen-bond donors (Lipinski definition) is 1. The van der Waals surface area contributed by atoms with Crippen molar-refractivity contribution in [1.29, 1.82) is 0 Å². The molecule has 1 aromatic rings. The predicted molar refractivity (Wildman–Crippen MR) is 85.2 cm³/mol. The number of nitrogens with two attached hydrogens (primary N) is 1. The minimum absolute atomic E-state index is 0.0513. The van der Waals surface area contributed by atoms with Gasteiger partial charge in [0.05, 0.1) is 17.6 Å². The topological polar surface area (TPSA) is 68.5 Å². The van der Waals surface area contributed by atoms with E-state index in [1.54, 1.807) is 11.1 Å². The minimum atomic E-state index is -0.522. The highest BCUT2D eigenvalue weighted by atomic mass is 16.6. The van der Waals surface area contributed by atoms with Crippen molar-refractivity contribution >= 4 is 11.8 Å². The first-order valence-corrected chi connectivity index (χ1v) is 7.45. The number of hydrogen-bond acceptors (Lipinski definition) is 4. The van der Waals surface area contributed by atoms with Crippen LogP contribution in [0.4, 0.5) is 10.5 Å². The smallest absolute Gasteiger partial charge is 0.415 e. The van der Waals surface area contributed by atoms with Crippen molar-refractivity contribution in [1.82, 2.24) is 4.98 Å². The minimum Gasteiger partial charge on any atom is -0.443 e. The Hall–Kier alpha value is -1.62. The van der Waals surface area contributed by atoms with Gasteiger partial charge in [0.15, 0.2) is 0 Å². The maximum Gasteiger partial charge on any atom is 0.415 e. The van der Waals surface area contributed by atoms with E-state index in [0.717, 1.165) is 24.2 Å². The van der Waals surface area contributed by atoms with Crippen LogP contribution in [0.15, 0.2) is 18.3 Å². The van der Waals surface area contributed by atoms with E-state index in [0.29, 0.717) is 6.54 Å². The van der Waals surface area contributed by atoms with Crippen LogP contribution in [-0.4, -0.2) is 22.7 Å². The van der Waals surface area contributed by atoms with Crippen LogP contribution in [-0.2, 0) is 11.3 Å². The number of aromatic nitrogens is 1. The third-order valence-electron chi connectivity index (χ3n) is 3.03. The summed E-state index contributed by atoms with van der Waals surface area (Å²) < 4.78 is 5.51. The molecule has 118 valence electrons. The van der Waals surface area contributed by atoms with Crippen LogP contribution < -0.4 is 10.6 Å². The maximum atomic E-state index is 12.5. The Morgan fingerprint density at radius 3 is 2.52 bits per heavy atom. The third-order valence-corrected chi connectivity index (χ3v) is 3.03. The van der Waals surface area contributed by atoms with Gasteiger partial charge in [0, 0.05) is 12.6 Å². The molecule has 1 amide bonds. The predicted octanol–water partition coefficient (Wildman–Crippen LogP) is 3.47. The van der Waals surface area contributed by atoms with E-state index >= 15 is 0 Å². The molecule has 2 N–H and O–H groups in total. The molecule has 1 unspecified atom stereocenters. The summed E-state index contributed by atoms with van der Waals surface area (Å²) in [4.78, 5) is 18.4. The van der Waals surface area contributed by atoms with Gasteiger partial charge >= 0.3 is 6.09 Å². The molecule has 5 heteroatoms. The fourth-order valence-corrected chi connectivity index (χ4v) is 2.08. The molecule has 0 aliphatic rings. The van der Waals surface area contributed by atoms with E-state index in [1.165, 1.54) is 0 Å². The maximum absolute atomic E-state index is 12.5. The fourth-order valence-electron chi connectivity index (χ4n) is 2.08. The quantitative estimate of drug-likeness (QED) is 0.902. The summed E-state index contributed by atoms with van der Waals surface area (Å²) in [6, 6.07) is 3.76. The average Bonchev–Trinajstić information content (AvgIpc) is 2.38. The number of amides is 1. The van der Waals surface area contributed by atoms with Crippen LogP contribution in [0.2, 0.25) is 0 Å². The second kappa shape index (κ2) is 7.41. The van der Waals surface area contributed by atoms with E-state index in [4.69, 9.17) is 10.5 Å². The van der Waals surface area contributed by atoms with Gasteiger partial charge in [-0.1, -0.05) is 13.3 Å². The number of rotatable bonds is 5. The number of carbonyl (C=O) groups excluding carboxylic acids is 1. The highest BCUT2D eigenvalue weighted by molar-refractivity contribution is 5.88. The summed E-state index contributed by atoms with van der Waals surface area (Å²) >= 11 is 0. The molecule has 1 aromatic heterocycles. The Morgan fingerprint density at radius 2 is 2.10 bits per heavy atom. The Morgan fingerprint density at radius 1 is 1.43 bits per heavy atom. The van der Waals surface area contributed by atoms with E-state index in [2.05, 4.69) is 11.9 Å². The normalized spacial score (nSPS) is 12.9. The lowest BCUT2D eigenvalue weighted by Gasteiger charge is -2.31. The molecule has 21 heavy (non-hydrogen) atoms. The standard InChI is InChI=1S/C16H27N3O2/c1-6-7-12(2)19(15(20)21-16(3,4)5)14-9-8-13(10-17)18-11-14/h8-9,11-12H,6-7,10,17H2,1-5H3. The number of carbonyl (C=O) groups is 1. The zero-order valence-electron chi connectivity index (χ0n) is 13.7. The molecular weight excluding hydrogens is 266 g/mol. The van der Waals surface area contributed by atoms with Crippen molar-refractivity contribution in [3.8, 4) is 0 Å². The lowest BCUT2D eigenvalue weighted by Crippen LogP contribution is -2.42. The summed E-state index contributed by atoms with van der Waals surface area (Å²) in [5.74, 6) is 0. The first-order valence-electron chi connectivity index (χ1n) is 7.45. The first kappa shape index (κ1) is 17.4. The van der Waals surface area contributed by atoms with Crippen molar-refractivity contribution < 1.29 is 9.53 Å². The Bertz CT molecular complexity index is 452. The number of ether oxygens (including phenoxy) is 1. The molecular formula is C16H27N3O2. The molecule has 0 spiro atoms. The zero-order valence-corrected chi connectivity index (χ0v) is 13.7. The molecule has 0 bridgehead atoms. The van der Waals surface area contributed by atoms with Gasteiger partial charge < -0.3 is 10.5 Å². The monoisotopic (exact) mass is 293 g/mol. The lowest BCUT2D eigenvalue weighted by atomic mass is 10.1. The molecule has 0 aliphatic carbocycles. The second-order valence-corrected chi connectivity index (χ2v) is 6.20. The van der Waals surface area contributed by atoms with Gasteiger partial charge in [-0.15, -0.1) is 0 Å². The molecule has 0 radical (unpaired) electrons. The van der Waals surface area contributed by atoms with E-state index in [-0.39, 0.29) is 12.1 Å². The van der Waals surface area contributed by atoms with Crippen LogP contribution in [0.5, 0.6) is 0 Å². The van der Waals surface area contributed by atoms with Crippen LogP contribution in [0.3, 0.4) is 0 Å². The van der Waals surface area contributed by atoms with Gasteiger partial charge in [-0.25, -0.2) is 4.79 Å². The summed E-state index contributed by atoms with van der Waals surface area (Å²) in [5.41, 5.74) is 6.57.